The second kappa shape index (κ2) is 8.97. The summed E-state index contributed by atoms with van der Waals surface area (Å²) in [6, 6.07) is 5.96. The van der Waals surface area contributed by atoms with Gasteiger partial charge >= 0.3 is 0 Å². The van der Waals surface area contributed by atoms with Crippen molar-refractivity contribution >= 4 is 21.8 Å². The predicted octanol–water partition coefficient (Wildman–Crippen LogP) is 2.81. The standard InChI is InChI=1S/C15H23BrN2O2/c1-4-17-11-12-10-13(7-8-14(12)16)20-9-5-6-15(19)18(2)3/h7-8,10,17H,4-6,9,11H2,1-3H3. The molecule has 0 aliphatic rings. The van der Waals surface area contributed by atoms with Gasteiger partial charge in [0.25, 0.3) is 0 Å². The summed E-state index contributed by atoms with van der Waals surface area (Å²) in [5.74, 6) is 0.982. The molecule has 0 spiro atoms. The summed E-state index contributed by atoms with van der Waals surface area (Å²) in [6.45, 7) is 4.38. The van der Waals surface area contributed by atoms with Gasteiger partial charge in [-0.25, -0.2) is 0 Å². The molecule has 0 atom stereocenters. The Kier molecular flexibility index (Phi) is 7.62. The van der Waals surface area contributed by atoms with Gasteiger partial charge in [-0.2, -0.15) is 0 Å². The van der Waals surface area contributed by atoms with Crippen molar-refractivity contribution in [1.82, 2.24) is 10.2 Å². The molecule has 0 radical (unpaired) electrons. The average molecular weight is 343 g/mol. The van der Waals surface area contributed by atoms with Gasteiger partial charge in [0.2, 0.25) is 5.91 Å². The van der Waals surface area contributed by atoms with E-state index in [0.717, 1.165) is 29.7 Å². The van der Waals surface area contributed by atoms with Crippen LogP contribution in [0.1, 0.15) is 25.3 Å². The van der Waals surface area contributed by atoms with Crippen LogP contribution in [0.3, 0.4) is 0 Å². The molecule has 0 aromatic heterocycles. The summed E-state index contributed by atoms with van der Waals surface area (Å²) >= 11 is 3.53. The Balaban J connectivity index is 2.42. The van der Waals surface area contributed by atoms with E-state index >= 15 is 0 Å². The van der Waals surface area contributed by atoms with Gasteiger partial charge in [-0.05, 0) is 36.7 Å². The lowest BCUT2D eigenvalue weighted by atomic mass is 10.2. The number of carbonyl (C=O) groups excluding carboxylic acids is 1. The van der Waals surface area contributed by atoms with Crippen LogP contribution in [0.5, 0.6) is 5.75 Å². The summed E-state index contributed by atoms with van der Waals surface area (Å²) in [5, 5.41) is 3.29. The van der Waals surface area contributed by atoms with Crippen LogP contribution in [0.4, 0.5) is 0 Å². The van der Waals surface area contributed by atoms with E-state index in [9.17, 15) is 4.79 Å². The van der Waals surface area contributed by atoms with Crippen LogP contribution in [-0.4, -0.2) is 38.1 Å². The van der Waals surface area contributed by atoms with Crippen LogP contribution in [0.2, 0.25) is 0 Å². The zero-order chi connectivity index (χ0) is 15.0. The van der Waals surface area contributed by atoms with E-state index in [4.69, 9.17) is 4.74 Å². The maximum Gasteiger partial charge on any atom is 0.222 e. The lowest BCUT2D eigenvalue weighted by Gasteiger charge is -2.12. The molecule has 1 rings (SSSR count). The van der Waals surface area contributed by atoms with Gasteiger partial charge in [-0.1, -0.05) is 22.9 Å². The van der Waals surface area contributed by atoms with E-state index in [1.807, 2.05) is 18.2 Å². The third-order valence-electron chi connectivity index (χ3n) is 2.89. The lowest BCUT2D eigenvalue weighted by Crippen LogP contribution is -2.21. The van der Waals surface area contributed by atoms with Gasteiger partial charge in [0, 0.05) is 31.5 Å². The minimum Gasteiger partial charge on any atom is -0.494 e. The number of nitrogens with zero attached hydrogens (tertiary/aromatic N) is 1. The van der Waals surface area contributed by atoms with Gasteiger partial charge < -0.3 is 15.0 Å². The highest BCUT2D eigenvalue weighted by Gasteiger charge is 2.05. The normalized spacial score (nSPS) is 10.4. The first kappa shape index (κ1) is 17.0. The molecule has 112 valence electrons. The fourth-order valence-electron chi connectivity index (χ4n) is 1.67. The van der Waals surface area contributed by atoms with Gasteiger partial charge in [0.15, 0.2) is 0 Å². The van der Waals surface area contributed by atoms with E-state index in [0.29, 0.717) is 13.0 Å². The van der Waals surface area contributed by atoms with Crippen molar-refractivity contribution in [2.45, 2.75) is 26.3 Å². The number of hydrogen-bond acceptors (Lipinski definition) is 3. The quantitative estimate of drug-likeness (QED) is 0.738. The second-order valence-corrected chi connectivity index (χ2v) is 5.63. The van der Waals surface area contributed by atoms with E-state index in [1.165, 1.54) is 5.56 Å². The smallest absolute Gasteiger partial charge is 0.222 e. The number of nitrogens with one attached hydrogen (secondary N) is 1. The minimum absolute atomic E-state index is 0.136. The van der Waals surface area contributed by atoms with Crippen LogP contribution in [0, 0.1) is 0 Å². The average Bonchev–Trinajstić information content (AvgIpc) is 2.43. The number of hydrogen-bond donors (Lipinski definition) is 1. The monoisotopic (exact) mass is 342 g/mol. The highest BCUT2D eigenvalue weighted by molar-refractivity contribution is 9.10. The molecular formula is C15H23BrN2O2. The number of carbonyl (C=O) groups is 1. The number of rotatable bonds is 8. The van der Waals surface area contributed by atoms with Gasteiger partial charge in [0.1, 0.15) is 5.75 Å². The molecule has 0 saturated heterocycles. The summed E-state index contributed by atoms with van der Waals surface area (Å²) in [5.41, 5.74) is 1.17. The van der Waals surface area contributed by atoms with Crippen molar-refractivity contribution in [3.63, 3.8) is 0 Å². The minimum atomic E-state index is 0.136. The number of halogens is 1. The molecule has 4 nitrogen and oxygen atoms in total. The molecule has 1 aromatic carbocycles. The molecule has 0 aliphatic heterocycles. The van der Waals surface area contributed by atoms with E-state index in [1.54, 1.807) is 19.0 Å². The summed E-state index contributed by atoms with van der Waals surface area (Å²) < 4.78 is 6.77. The second-order valence-electron chi connectivity index (χ2n) is 4.77. The van der Waals surface area contributed by atoms with Crippen molar-refractivity contribution in [3.05, 3.63) is 28.2 Å². The largest absolute Gasteiger partial charge is 0.494 e. The highest BCUT2D eigenvalue weighted by Crippen LogP contribution is 2.22. The number of amides is 1. The number of ether oxygens (including phenoxy) is 1. The molecule has 1 amide bonds. The Labute approximate surface area is 129 Å². The Bertz CT molecular complexity index is 436. The maximum absolute atomic E-state index is 11.4. The van der Waals surface area contributed by atoms with Gasteiger partial charge in [0.05, 0.1) is 6.61 Å². The zero-order valence-corrected chi connectivity index (χ0v) is 14.0. The van der Waals surface area contributed by atoms with Crippen LogP contribution in [0.25, 0.3) is 0 Å². The zero-order valence-electron chi connectivity index (χ0n) is 12.4. The predicted molar refractivity (Wildman–Crippen MR) is 84.9 cm³/mol. The summed E-state index contributed by atoms with van der Waals surface area (Å²) in [6.07, 6.45) is 1.25. The topological polar surface area (TPSA) is 41.6 Å². The van der Waals surface area contributed by atoms with Gasteiger partial charge in [-0.15, -0.1) is 0 Å². The Hall–Kier alpha value is -1.07. The molecule has 1 N–H and O–H groups in total. The van der Waals surface area contributed by atoms with Gasteiger partial charge in [-0.3, -0.25) is 4.79 Å². The summed E-state index contributed by atoms with van der Waals surface area (Å²) in [4.78, 5) is 13.0. The van der Waals surface area contributed by atoms with E-state index in [2.05, 4.69) is 28.2 Å². The van der Waals surface area contributed by atoms with E-state index in [-0.39, 0.29) is 5.91 Å². The van der Waals surface area contributed by atoms with Crippen LogP contribution in [0.15, 0.2) is 22.7 Å². The highest BCUT2D eigenvalue weighted by atomic mass is 79.9. The molecule has 1 aromatic rings. The van der Waals surface area contributed by atoms with E-state index < -0.39 is 0 Å². The molecule has 0 unspecified atom stereocenters. The first-order valence-electron chi connectivity index (χ1n) is 6.86. The fraction of sp³-hybridized carbons (Fsp3) is 0.533. The van der Waals surface area contributed by atoms with Crippen molar-refractivity contribution < 1.29 is 9.53 Å². The van der Waals surface area contributed by atoms with Crippen LogP contribution >= 0.6 is 15.9 Å². The van der Waals surface area contributed by atoms with Crippen LogP contribution in [-0.2, 0) is 11.3 Å². The Morgan fingerprint density at radius 2 is 2.15 bits per heavy atom. The molecule has 0 aliphatic carbocycles. The van der Waals surface area contributed by atoms with Crippen LogP contribution < -0.4 is 10.1 Å². The molecule has 20 heavy (non-hydrogen) atoms. The molecule has 5 heteroatoms. The SMILES string of the molecule is CCNCc1cc(OCCCC(=O)N(C)C)ccc1Br. The summed E-state index contributed by atoms with van der Waals surface area (Å²) in [7, 11) is 3.54. The Morgan fingerprint density at radius 1 is 1.40 bits per heavy atom. The molecular weight excluding hydrogens is 320 g/mol. The first-order chi connectivity index (χ1) is 9.54. The Morgan fingerprint density at radius 3 is 2.80 bits per heavy atom. The van der Waals surface area contributed by atoms with Crippen molar-refractivity contribution in [2.24, 2.45) is 0 Å². The van der Waals surface area contributed by atoms with Crippen molar-refractivity contribution in [1.29, 1.82) is 0 Å². The molecule has 0 saturated carbocycles. The third kappa shape index (κ3) is 5.92. The first-order valence-corrected chi connectivity index (χ1v) is 7.66. The lowest BCUT2D eigenvalue weighted by molar-refractivity contribution is -0.128. The number of benzene rings is 1. The molecule has 0 fully saturated rings. The fourth-order valence-corrected chi connectivity index (χ4v) is 2.06. The third-order valence-corrected chi connectivity index (χ3v) is 3.66. The molecule has 0 bridgehead atoms. The molecule has 0 heterocycles. The van der Waals surface area contributed by atoms with Crippen molar-refractivity contribution in [2.75, 3.05) is 27.2 Å². The van der Waals surface area contributed by atoms with Crippen molar-refractivity contribution in [3.8, 4) is 5.75 Å². The maximum atomic E-state index is 11.4.